The number of aldehydes is 1. The summed E-state index contributed by atoms with van der Waals surface area (Å²) in [4.78, 5) is 35.2. The number of carbonyl (C=O) groups is 3. The molecule has 0 spiro atoms. The Morgan fingerprint density at radius 1 is 1.36 bits per heavy atom. The number of rotatable bonds is 7. The van der Waals surface area contributed by atoms with Crippen molar-refractivity contribution in [1.29, 1.82) is 0 Å². The predicted molar refractivity (Wildman–Crippen MR) is 89.6 cm³/mol. The first kappa shape index (κ1) is 21.3. The molecule has 0 radical (unpaired) electrons. The summed E-state index contributed by atoms with van der Waals surface area (Å²) < 4.78 is 22.0. The maximum atomic E-state index is 11.8. The Morgan fingerprint density at radius 3 is 2.44 bits per heavy atom. The van der Waals surface area contributed by atoms with Crippen molar-refractivity contribution in [2.24, 2.45) is 5.41 Å². The number of ether oxygens (including phenoxy) is 4. The second-order valence-corrected chi connectivity index (χ2v) is 6.68. The fraction of sp³-hybridized carbons (Fsp3) is 0.722. The summed E-state index contributed by atoms with van der Waals surface area (Å²) in [5.41, 5.74) is -0.632. The van der Waals surface area contributed by atoms with Crippen LogP contribution in [0.25, 0.3) is 0 Å². The summed E-state index contributed by atoms with van der Waals surface area (Å²) in [5.74, 6) is -2.68. The molecule has 0 saturated carbocycles. The molecule has 0 unspecified atom stereocenters. The molecule has 7 nitrogen and oxygen atoms in total. The van der Waals surface area contributed by atoms with Gasteiger partial charge in [0.15, 0.2) is 6.10 Å². The van der Waals surface area contributed by atoms with Gasteiger partial charge in [0.25, 0.3) is 0 Å². The molecule has 7 heteroatoms. The van der Waals surface area contributed by atoms with Gasteiger partial charge in [-0.2, -0.15) is 0 Å². The highest BCUT2D eigenvalue weighted by Crippen LogP contribution is 2.46. The van der Waals surface area contributed by atoms with E-state index in [1.807, 2.05) is 6.92 Å². The fourth-order valence-corrected chi connectivity index (χ4v) is 3.10. The van der Waals surface area contributed by atoms with Crippen LogP contribution in [0.2, 0.25) is 0 Å². The van der Waals surface area contributed by atoms with Crippen LogP contribution in [0.5, 0.6) is 0 Å². The van der Waals surface area contributed by atoms with E-state index in [-0.39, 0.29) is 6.10 Å². The standard InChI is InChI=1S/C18H28O7/c1-7-8-14-9-13(10-15(21)22-5)16(24-12(2)20)18(23-6,25-14)17(3,4)11-19/h10-11,14,16H,7-9H2,1-6H3/b13-10+/t14-,16+,18-/m1/s1. The Kier molecular flexibility index (Phi) is 7.31. The van der Waals surface area contributed by atoms with E-state index in [1.54, 1.807) is 13.8 Å². The lowest BCUT2D eigenvalue weighted by atomic mass is 9.75. The highest BCUT2D eigenvalue weighted by Gasteiger charge is 2.59. The highest BCUT2D eigenvalue weighted by atomic mass is 16.7. The van der Waals surface area contributed by atoms with Crippen molar-refractivity contribution in [3.8, 4) is 0 Å². The Hall–Kier alpha value is -1.73. The Balaban J connectivity index is 3.53. The lowest BCUT2D eigenvalue weighted by Gasteiger charge is -2.51. The molecule has 0 aromatic heterocycles. The average Bonchev–Trinajstić information content (AvgIpc) is 2.56. The molecule has 1 fully saturated rings. The number of esters is 2. The molecule has 25 heavy (non-hydrogen) atoms. The molecule has 0 N–H and O–H groups in total. The maximum Gasteiger partial charge on any atom is 0.330 e. The molecular weight excluding hydrogens is 328 g/mol. The summed E-state index contributed by atoms with van der Waals surface area (Å²) in [6.07, 6.45) is 2.58. The average molecular weight is 356 g/mol. The predicted octanol–water partition coefficient (Wildman–Crippen LogP) is 2.17. The fourth-order valence-electron chi connectivity index (χ4n) is 3.10. The summed E-state index contributed by atoms with van der Waals surface area (Å²) in [6, 6.07) is 0. The van der Waals surface area contributed by atoms with Crippen LogP contribution in [0.15, 0.2) is 11.6 Å². The van der Waals surface area contributed by atoms with Crippen LogP contribution in [-0.4, -0.2) is 50.4 Å². The molecule has 3 atom stereocenters. The largest absolute Gasteiger partial charge is 0.466 e. The molecule has 1 rings (SSSR count). The minimum Gasteiger partial charge on any atom is -0.466 e. The number of hydrogen-bond acceptors (Lipinski definition) is 7. The smallest absolute Gasteiger partial charge is 0.330 e. The van der Waals surface area contributed by atoms with Crippen molar-refractivity contribution < 1.29 is 33.3 Å². The van der Waals surface area contributed by atoms with Crippen LogP contribution >= 0.6 is 0 Å². The Bertz CT molecular complexity index is 538. The van der Waals surface area contributed by atoms with Gasteiger partial charge in [-0.15, -0.1) is 0 Å². The SMILES string of the molecule is CCC[C@@H]1C/C(=C\C(=O)OC)[C@H](OC(C)=O)[C@](OC)(C(C)(C)C=O)O1. The lowest BCUT2D eigenvalue weighted by molar-refractivity contribution is -0.335. The first-order valence-electron chi connectivity index (χ1n) is 8.32. The third kappa shape index (κ3) is 4.46. The first-order chi connectivity index (χ1) is 11.7. The quantitative estimate of drug-likeness (QED) is 0.392. The molecule has 0 bridgehead atoms. The van der Waals surface area contributed by atoms with Crippen molar-refractivity contribution >= 4 is 18.2 Å². The van der Waals surface area contributed by atoms with Gasteiger partial charge in [-0.3, -0.25) is 4.79 Å². The summed E-state index contributed by atoms with van der Waals surface area (Å²) in [6.45, 7) is 6.54. The number of methoxy groups -OCH3 is 2. The van der Waals surface area contributed by atoms with Gasteiger partial charge in [0.2, 0.25) is 5.79 Å². The molecule has 0 amide bonds. The minimum atomic E-state index is -1.54. The second-order valence-electron chi connectivity index (χ2n) is 6.68. The van der Waals surface area contributed by atoms with E-state index in [9.17, 15) is 14.4 Å². The Labute approximate surface area is 148 Å². The third-order valence-corrected chi connectivity index (χ3v) is 4.38. The molecular formula is C18H28O7. The van der Waals surface area contributed by atoms with E-state index >= 15 is 0 Å². The van der Waals surface area contributed by atoms with E-state index in [2.05, 4.69) is 0 Å². The van der Waals surface area contributed by atoms with Gasteiger partial charge >= 0.3 is 11.9 Å². The van der Waals surface area contributed by atoms with Gasteiger partial charge in [0, 0.05) is 20.1 Å². The van der Waals surface area contributed by atoms with E-state index in [1.165, 1.54) is 27.2 Å². The molecule has 1 heterocycles. The zero-order chi connectivity index (χ0) is 19.3. The monoisotopic (exact) mass is 356 g/mol. The van der Waals surface area contributed by atoms with Gasteiger partial charge in [-0.05, 0) is 32.3 Å². The van der Waals surface area contributed by atoms with Crippen molar-refractivity contribution in [2.45, 2.75) is 65.0 Å². The summed E-state index contributed by atoms with van der Waals surface area (Å²) >= 11 is 0. The summed E-state index contributed by atoms with van der Waals surface area (Å²) in [5, 5.41) is 0. The topological polar surface area (TPSA) is 88.1 Å². The molecule has 1 aliphatic rings. The molecule has 0 aromatic rings. The van der Waals surface area contributed by atoms with Crippen LogP contribution in [0, 0.1) is 5.41 Å². The van der Waals surface area contributed by atoms with Crippen molar-refractivity contribution in [3.05, 3.63) is 11.6 Å². The molecule has 1 aliphatic heterocycles. The van der Waals surface area contributed by atoms with Gasteiger partial charge in [0.1, 0.15) is 6.29 Å². The van der Waals surface area contributed by atoms with Crippen molar-refractivity contribution in [1.82, 2.24) is 0 Å². The third-order valence-electron chi connectivity index (χ3n) is 4.38. The zero-order valence-corrected chi connectivity index (χ0v) is 15.8. The van der Waals surface area contributed by atoms with E-state index in [0.717, 1.165) is 6.42 Å². The van der Waals surface area contributed by atoms with Gasteiger partial charge in [-0.25, -0.2) is 4.79 Å². The molecule has 142 valence electrons. The molecule has 0 aromatic carbocycles. The van der Waals surface area contributed by atoms with Crippen LogP contribution in [-0.2, 0) is 33.3 Å². The first-order valence-corrected chi connectivity index (χ1v) is 8.32. The van der Waals surface area contributed by atoms with E-state index in [4.69, 9.17) is 18.9 Å². The Morgan fingerprint density at radius 2 is 2.00 bits per heavy atom. The van der Waals surface area contributed by atoms with Gasteiger partial charge in [-0.1, -0.05) is 13.3 Å². The summed E-state index contributed by atoms with van der Waals surface area (Å²) in [7, 11) is 2.66. The number of carbonyl (C=O) groups excluding carboxylic acids is 3. The van der Waals surface area contributed by atoms with Gasteiger partial charge in [0.05, 0.1) is 18.6 Å². The van der Waals surface area contributed by atoms with Crippen LogP contribution in [0.1, 0.15) is 47.0 Å². The van der Waals surface area contributed by atoms with Gasteiger partial charge < -0.3 is 23.7 Å². The van der Waals surface area contributed by atoms with Crippen molar-refractivity contribution in [2.75, 3.05) is 14.2 Å². The molecule has 0 aliphatic carbocycles. The van der Waals surface area contributed by atoms with Crippen LogP contribution in [0.4, 0.5) is 0 Å². The normalized spacial score (nSPS) is 28.5. The molecule has 1 saturated heterocycles. The number of hydrogen-bond donors (Lipinski definition) is 0. The zero-order valence-electron chi connectivity index (χ0n) is 15.8. The van der Waals surface area contributed by atoms with Crippen LogP contribution < -0.4 is 0 Å². The van der Waals surface area contributed by atoms with Crippen molar-refractivity contribution in [3.63, 3.8) is 0 Å². The maximum absolute atomic E-state index is 11.8. The minimum absolute atomic E-state index is 0.285. The van der Waals surface area contributed by atoms with Crippen LogP contribution in [0.3, 0.4) is 0 Å². The highest BCUT2D eigenvalue weighted by molar-refractivity contribution is 5.83. The lowest BCUT2D eigenvalue weighted by Crippen LogP contribution is -2.63. The van der Waals surface area contributed by atoms with E-state index in [0.29, 0.717) is 24.7 Å². The second kappa shape index (κ2) is 8.58. The van der Waals surface area contributed by atoms with E-state index < -0.39 is 29.2 Å².